The van der Waals surface area contributed by atoms with Crippen molar-refractivity contribution in [3.8, 4) is 11.1 Å². The van der Waals surface area contributed by atoms with Crippen molar-refractivity contribution in [2.24, 2.45) is 11.8 Å². The number of unbranched alkanes of at least 4 members (excludes halogenated alkanes) is 13. The Labute approximate surface area is 539 Å². The molecular formula is C64H90BrN11O15. The zero-order valence-corrected chi connectivity index (χ0v) is 54.2. The summed E-state index contributed by atoms with van der Waals surface area (Å²) >= 11 is 3.36. The van der Waals surface area contributed by atoms with E-state index in [1.807, 2.05) is 32.0 Å². The molecule has 1 aliphatic heterocycles. The molecule has 26 nitrogen and oxygen atoms in total. The molecule has 27 heteroatoms. The Morgan fingerprint density at radius 1 is 0.659 bits per heavy atom. The maximum Gasteiger partial charge on any atom is 0.326 e. The molecular weight excluding hydrogens is 1240 g/mol. The number of aromatic nitrogens is 5. The van der Waals surface area contributed by atoms with Crippen LogP contribution in [0.1, 0.15) is 156 Å². The number of halogens is 1. The Bertz CT molecular complexity index is 3070. The first kappa shape index (κ1) is 72.7. The molecule has 4 atom stereocenters. The Balaban J connectivity index is 0.738. The molecule has 0 radical (unpaired) electrons. The number of Topliss-reactive ketones (excluding diaryl/α,β-unsaturated/α-hetero) is 1. The lowest BCUT2D eigenvalue weighted by molar-refractivity contribution is -0.142. The molecule has 3 aromatic heterocycles. The van der Waals surface area contributed by atoms with Crippen molar-refractivity contribution in [1.82, 2.24) is 50.9 Å². The van der Waals surface area contributed by atoms with Crippen LogP contribution in [0.2, 0.25) is 0 Å². The molecule has 1 aliphatic carbocycles. The number of hydrogen-bond donors (Lipinski definition) is 7. The number of carboxylic acids is 2. The van der Waals surface area contributed by atoms with Crippen molar-refractivity contribution in [1.29, 1.82) is 0 Å². The van der Waals surface area contributed by atoms with Gasteiger partial charge < -0.3 is 60.6 Å². The third-order valence-corrected chi connectivity index (χ3v) is 16.3. The van der Waals surface area contributed by atoms with Crippen LogP contribution in [0.3, 0.4) is 0 Å². The van der Waals surface area contributed by atoms with Crippen LogP contribution in [0, 0.1) is 25.7 Å². The van der Waals surface area contributed by atoms with E-state index in [4.69, 9.17) is 24.1 Å². The number of benzene rings is 1. The van der Waals surface area contributed by atoms with Gasteiger partial charge in [-0.3, -0.25) is 43.0 Å². The van der Waals surface area contributed by atoms with Crippen LogP contribution < -0.4 is 26.6 Å². The number of pyridine rings is 1. The molecule has 7 N–H and O–H groups in total. The maximum atomic E-state index is 14.0. The van der Waals surface area contributed by atoms with Gasteiger partial charge in [-0.25, -0.2) is 19.7 Å². The van der Waals surface area contributed by atoms with Gasteiger partial charge in [0.05, 0.1) is 51.7 Å². The molecule has 1 aromatic carbocycles. The van der Waals surface area contributed by atoms with E-state index in [-0.39, 0.29) is 163 Å². The van der Waals surface area contributed by atoms with Gasteiger partial charge in [0.2, 0.25) is 35.4 Å². The number of ketones is 1. The summed E-state index contributed by atoms with van der Waals surface area (Å²) in [6, 6.07) is 5.56. The molecule has 1 saturated heterocycles. The molecule has 6 rings (SSSR count). The number of ether oxygens (including phenoxy) is 4. The summed E-state index contributed by atoms with van der Waals surface area (Å²) in [6.07, 6.45) is 19.4. The number of hydrogen-bond acceptors (Lipinski definition) is 17. The van der Waals surface area contributed by atoms with Gasteiger partial charge in [0, 0.05) is 69.2 Å². The van der Waals surface area contributed by atoms with Gasteiger partial charge in [0.25, 0.3) is 0 Å². The molecule has 0 bridgehead atoms. The predicted octanol–water partition coefficient (Wildman–Crippen LogP) is 6.55. The fourth-order valence-corrected chi connectivity index (χ4v) is 11.2. The van der Waals surface area contributed by atoms with Crippen molar-refractivity contribution in [3.63, 3.8) is 0 Å². The fraction of sp³-hybridized carbons (Fsp3) is 0.609. The minimum Gasteiger partial charge on any atom is -0.481 e. The summed E-state index contributed by atoms with van der Waals surface area (Å²) in [5.41, 5.74) is 3.77. The average molecular weight is 1330 g/mol. The first-order chi connectivity index (χ1) is 43.9. The topological polar surface area (TPSA) is 351 Å². The summed E-state index contributed by atoms with van der Waals surface area (Å²) < 4.78 is 23.8. The lowest BCUT2D eigenvalue weighted by atomic mass is 10.0. The Morgan fingerprint density at radius 3 is 1.82 bits per heavy atom. The monoisotopic (exact) mass is 1330 g/mol. The minimum atomic E-state index is -1.20. The highest BCUT2D eigenvalue weighted by Crippen LogP contribution is 2.50. The molecule has 2 aliphatic rings. The van der Waals surface area contributed by atoms with Crippen LogP contribution in [0.25, 0.3) is 22.0 Å². The predicted molar refractivity (Wildman–Crippen MR) is 339 cm³/mol. The van der Waals surface area contributed by atoms with Crippen LogP contribution in [0.15, 0.2) is 41.3 Å². The summed E-state index contributed by atoms with van der Waals surface area (Å²) in [5, 5.41) is 37.0. The molecule has 91 heavy (non-hydrogen) atoms. The summed E-state index contributed by atoms with van der Waals surface area (Å²) in [6.45, 7) is 6.46. The Kier molecular flexibility index (Phi) is 31.3. The number of carbonyl (C=O) groups excluding carboxylic acids is 7. The second-order valence-electron chi connectivity index (χ2n) is 23.2. The van der Waals surface area contributed by atoms with E-state index in [1.54, 1.807) is 28.0 Å². The fourth-order valence-electron chi connectivity index (χ4n) is 10.9. The van der Waals surface area contributed by atoms with Gasteiger partial charge >= 0.3 is 11.9 Å². The normalized spacial score (nSPS) is 15.2. The van der Waals surface area contributed by atoms with E-state index in [0.717, 1.165) is 68.1 Å². The maximum absolute atomic E-state index is 14.0. The van der Waals surface area contributed by atoms with Crippen LogP contribution in [-0.4, -0.2) is 178 Å². The number of fused-ring (bicyclic) bond motifs is 2. The zero-order valence-electron chi connectivity index (χ0n) is 52.7. The van der Waals surface area contributed by atoms with Gasteiger partial charge in [0.15, 0.2) is 5.78 Å². The lowest BCUT2D eigenvalue weighted by Gasteiger charge is -2.27. The van der Waals surface area contributed by atoms with Crippen molar-refractivity contribution >= 4 is 85.8 Å². The third-order valence-electron chi connectivity index (χ3n) is 15.9. The van der Waals surface area contributed by atoms with E-state index in [0.29, 0.717) is 45.7 Å². The molecule has 0 spiro atoms. The second-order valence-corrected chi connectivity index (χ2v) is 24.0. The number of aliphatic carboxylic acids is 2. The van der Waals surface area contributed by atoms with E-state index >= 15 is 0 Å². The number of nitrogens with one attached hydrogen (secondary N) is 5. The van der Waals surface area contributed by atoms with Crippen LogP contribution in [-0.2, 0) is 70.4 Å². The van der Waals surface area contributed by atoms with Gasteiger partial charge in [-0.1, -0.05) is 83.1 Å². The first-order valence-electron chi connectivity index (χ1n) is 31.8. The highest BCUT2D eigenvalue weighted by molar-refractivity contribution is 9.10. The minimum absolute atomic E-state index is 0.0440. The molecule has 0 unspecified atom stereocenters. The molecule has 6 amide bonds. The molecule has 498 valence electrons. The van der Waals surface area contributed by atoms with Crippen molar-refractivity contribution < 1.29 is 72.3 Å². The molecule has 4 heterocycles. The highest BCUT2D eigenvalue weighted by Gasteiger charge is 2.57. The van der Waals surface area contributed by atoms with Gasteiger partial charge in [-0.05, 0) is 102 Å². The number of amides is 6. The van der Waals surface area contributed by atoms with Crippen LogP contribution in [0.5, 0.6) is 0 Å². The summed E-state index contributed by atoms with van der Waals surface area (Å²) in [7, 11) is 0. The number of aryl methyl sites for hydroxylation is 2. The van der Waals surface area contributed by atoms with E-state index in [1.165, 1.54) is 45.4 Å². The van der Waals surface area contributed by atoms with Crippen molar-refractivity contribution in [2.45, 2.75) is 168 Å². The number of carbonyl (C=O) groups is 9. The van der Waals surface area contributed by atoms with E-state index < -0.39 is 24.0 Å². The van der Waals surface area contributed by atoms with Gasteiger partial charge in [0.1, 0.15) is 53.8 Å². The van der Waals surface area contributed by atoms with Crippen molar-refractivity contribution in [3.05, 3.63) is 63.9 Å². The number of anilines is 1. The van der Waals surface area contributed by atoms with Crippen molar-refractivity contribution in [2.75, 3.05) is 77.8 Å². The number of carboxylic acid groups (broad SMARTS) is 2. The summed E-state index contributed by atoms with van der Waals surface area (Å²) in [5.74, 6) is -3.11. The SMILES string of the molecule is CC(=O)c1nn(CC(=O)N2C[C@H]3C[C@H]3[C@H]2C(=O)Nc2nc(Br)ccc2C)c2c(C)cc(-c3cnc(CNC(=O)COCCOCCNC(=O)COCCOCCNC(=O)CC[C@H](NC(=O)CCCCCCCCCCCCCCCCC(=O)O)C(=O)O)nc3)cc12. The zero-order chi connectivity index (χ0) is 65.5. The largest absolute Gasteiger partial charge is 0.481 e. The van der Waals surface area contributed by atoms with Gasteiger partial charge in [-0.2, -0.15) is 5.10 Å². The average Bonchev–Trinajstić information content (AvgIpc) is 1.63. The Hall–Kier alpha value is -7.33. The van der Waals surface area contributed by atoms with Gasteiger partial charge in [-0.15, -0.1) is 0 Å². The number of piperidine rings is 1. The third kappa shape index (κ3) is 25.7. The van der Waals surface area contributed by atoms with E-state index in [9.17, 15) is 48.3 Å². The second kappa shape index (κ2) is 39.2. The highest BCUT2D eigenvalue weighted by atomic mass is 79.9. The summed E-state index contributed by atoms with van der Waals surface area (Å²) in [4.78, 5) is 127. The quantitative estimate of drug-likeness (QED) is 0.0140. The van der Waals surface area contributed by atoms with Crippen LogP contribution >= 0.6 is 15.9 Å². The molecule has 2 fully saturated rings. The lowest BCUT2D eigenvalue weighted by Crippen LogP contribution is -2.47. The Morgan fingerprint density at radius 2 is 1.23 bits per heavy atom. The van der Waals surface area contributed by atoms with E-state index in [2.05, 4.69) is 62.6 Å². The molecule has 4 aromatic rings. The first-order valence-corrected chi connectivity index (χ1v) is 32.6. The smallest absolute Gasteiger partial charge is 0.326 e. The number of nitrogens with zero attached hydrogens (tertiary/aromatic N) is 6. The number of rotatable bonds is 46. The van der Waals surface area contributed by atoms with Crippen LogP contribution in [0.4, 0.5) is 5.82 Å². The number of likely N-dealkylation sites (tertiary alicyclic amines) is 1. The molecule has 1 saturated carbocycles. The standard InChI is InChI=1S/C64H90BrN11O15/c1-42-20-22-51(65)72-62(42)73-63(85)61-48-34-46(48)38-75(61)57(82)39-76-60-43(2)32-45(33-49(60)59(74-76)44(3)77)47-35-68-52(69-36-47)37-70-56(81)41-91-31-29-89-27-25-67-55(80)40-90-30-28-88-26-24-66-53(78)23-21-50(64(86)87)71-54(79)18-16-14-12-10-8-6-4-5-7-9-11-13-15-17-19-58(83)84/h20,22,32-33,35-36,46,48,50,61H,4-19,21,23-31,34,37-41H2,1-3H3,(H,66,78)(H,67,80)(H,70,81)(H,71,79)(H,83,84)(H,86,87)(H,72,73,85)/t46-,48-,50+,61+/m1/s1.